The normalized spacial score (nSPS) is 11.5. The van der Waals surface area contributed by atoms with Crippen LogP contribution in [-0.4, -0.2) is 44.9 Å². The van der Waals surface area contributed by atoms with E-state index in [1.54, 1.807) is 0 Å². The van der Waals surface area contributed by atoms with Crippen LogP contribution in [0.15, 0.2) is 464 Å². The molecule has 0 atom stereocenters. The third kappa shape index (κ3) is 15.3. The molecule has 0 N–H and O–H groups in total. The number of aromatic nitrogens is 9. The minimum absolute atomic E-state index is 0.633. The molecule has 0 aliphatic rings. The fraction of sp³-hybridized carbons (Fsp3) is 0. The van der Waals surface area contributed by atoms with Crippen molar-refractivity contribution < 1.29 is 8.83 Å². The van der Waals surface area contributed by atoms with E-state index in [4.69, 9.17) is 53.7 Å². The molecule has 133 heavy (non-hydrogen) atoms. The van der Waals surface area contributed by atoms with Crippen molar-refractivity contribution in [3.05, 3.63) is 455 Å². The van der Waals surface area contributed by atoms with E-state index in [1.807, 2.05) is 193 Å². The maximum atomic E-state index is 6.21. The number of hydrogen-bond donors (Lipinski definition) is 0. The summed E-state index contributed by atoms with van der Waals surface area (Å²) in [5, 5.41) is 16.5. The van der Waals surface area contributed by atoms with Crippen LogP contribution >= 0.6 is 11.3 Å². The van der Waals surface area contributed by atoms with Gasteiger partial charge in [0.05, 0.1) is 0 Å². The Morgan fingerprint density at radius 3 is 1.02 bits per heavy atom. The minimum atomic E-state index is 0.633. The average molecular weight is 1720 g/mol. The second-order valence-corrected chi connectivity index (χ2v) is 34.1. The molecule has 0 amide bonds. The molecule has 0 aliphatic heterocycles. The van der Waals surface area contributed by atoms with Gasteiger partial charge in [0.2, 0.25) is 0 Å². The summed E-state index contributed by atoms with van der Waals surface area (Å²) < 4.78 is 15.0. The number of para-hydroxylation sites is 2. The molecule has 20 aromatic carbocycles. The lowest BCUT2D eigenvalue weighted by molar-refractivity contribution is 0.669. The first kappa shape index (κ1) is 78.7. The predicted molar refractivity (Wildman–Crippen MR) is 548 cm³/mol. The summed E-state index contributed by atoms with van der Waals surface area (Å²) in [4.78, 5) is 44.7. The van der Waals surface area contributed by atoms with Crippen molar-refractivity contribution in [3.8, 4) is 147 Å². The van der Waals surface area contributed by atoms with Crippen molar-refractivity contribution in [1.29, 1.82) is 0 Å². The fourth-order valence-electron chi connectivity index (χ4n) is 18.3. The van der Waals surface area contributed by atoms with Gasteiger partial charge in [-0.15, -0.1) is 11.3 Å². The summed E-state index contributed by atoms with van der Waals surface area (Å²) in [6, 6.07) is 157. The van der Waals surface area contributed by atoms with E-state index in [-0.39, 0.29) is 0 Å². The average Bonchev–Trinajstić information content (AvgIpc) is 1.60. The summed E-state index contributed by atoms with van der Waals surface area (Å²) in [5.74, 6) is 5.85. The molecule has 0 bridgehead atoms. The van der Waals surface area contributed by atoms with Crippen LogP contribution < -0.4 is 0 Å². The number of hydrogen-bond acceptors (Lipinski definition) is 12. The molecule has 0 unspecified atom stereocenters. The zero-order valence-electron chi connectivity index (χ0n) is 71.6. The van der Waals surface area contributed by atoms with Crippen molar-refractivity contribution >= 4 is 118 Å². The van der Waals surface area contributed by atoms with Gasteiger partial charge in [-0.25, -0.2) is 44.9 Å². The predicted octanol–water partition coefficient (Wildman–Crippen LogP) is 32.1. The lowest BCUT2D eigenvalue weighted by Gasteiger charge is -2.14. The SMILES string of the molecule is c1ccc(-c2cccc(-c3nc(-c4ccccc4)nc(-c4cccc(-c5ccc6cc7oc8ccccc8c7cc6c5)c4)n3)c2)cc1.c1ccc(-c2nc(-c3ccccc3)nc(-c3ccc(-c4cccc5cc6oc7ccccc7c6cc45)c4ccccc34)n2)cc1.c1ccc(-c2nc(-c3ccccc3)nc(-c3cccc(-c4cccc5c4ccc4sc6ccccc6c45)c3)n2)cc1. The lowest BCUT2D eigenvalue weighted by atomic mass is 9.91. The zero-order chi connectivity index (χ0) is 88.1. The van der Waals surface area contributed by atoms with E-state index in [1.165, 1.54) is 52.8 Å². The van der Waals surface area contributed by atoms with Gasteiger partial charge >= 0.3 is 0 Å². The molecule has 11 nitrogen and oxygen atoms in total. The van der Waals surface area contributed by atoms with E-state index < -0.39 is 0 Å². The number of furan rings is 2. The summed E-state index contributed by atoms with van der Waals surface area (Å²) in [6.45, 7) is 0. The Balaban J connectivity index is 0.000000110. The Morgan fingerprint density at radius 1 is 0.143 bits per heavy atom. The van der Waals surface area contributed by atoms with Gasteiger partial charge in [0.15, 0.2) is 52.4 Å². The van der Waals surface area contributed by atoms with Gasteiger partial charge < -0.3 is 8.83 Å². The van der Waals surface area contributed by atoms with Crippen LogP contribution in [0, 0.1) is 0 Å². The van der Waals surface area contributed by atoms with Crippen LogP contribution in [0.2, 0.25) is 0 Å². The van der Waals surface area contributed by atoms with Crippen LogP contribution in [0.3, 0.4) is 0 Å². The molecule has 0 saturated carbocycles. The maximum absolute atomic E-state index is 6.21. The van der Waals surface area contributed by atoms with Gasteiger partial charge in [-0.05, 0) is 166 Å². The molecule has 26 rings (SSSR count). The molecular weight excluding hydrogens is 1640 g/mol. The molecule has 12 heteroatoms. The number of benzene rings is 20. The Morgan fingerprint density at radius 2 is 0.489 bits per heavy atom. The van der Waals surface area contributed by atoms with Crippen molar-refractivity contribution in [2.75, 3.05) is 0 Å². The second-order valence-electron chi connectivity index (χ2n) is 33.0. The fourth-order valence-corrected chi connectivity index (χ4v) is 19.4. The van der Waals surface area contributed by atoms with E-state index in [9.17, 15) is 0 Å². The number of rotatable bonds is 13. The molecule has 26 aromatic rings. The van der Waals surface area contributed by atoms with Crippen molar-refractivity contribution in [1.82, 2.24) is 44.9 Å². The van der Waals surface area contributed by atoms with E-state index in [0.29, 0.717) is 52.4 Å². The quantitative estimate of drug-likeness (QED) is 0.109. The standard InChI is InChI=1S/C43H27N3O.C41H25N3O.C37H23N3S/c1-3-11-28(12-4-1)30-15-9-17-34(23-30)42-44-41(29-13-5-2-6-14-29)45-43(46-42)35-18-10-16-31(24-35)32-21-22-33-27-40-38(26-36(33)25-32)37-19-7-8-20-39(37)47-40;1-3-12-26(13-4-1)39-42-40(27-14-5-2-6-15-27)44-41(43-39)34-23-22-32(29-17-7-8-18-30(29)34)31-20-11-16-28-24-38-36(25-35(28)31)33-19-9-10-21-37(33)45-38;1-3-11-24(12-4-1)35-38-36(25-13-5-2-6-14-25)40-37(39-35)27-16-9-15-26(23-27)28-18-10-19-30-29(28)21-22-33-34(30)31-17-7-8-20-32(31)41-33/h1-27H;1-25H;1-23H. The monoisotopic (exact) mass is 1720 g/mol. The first-order chi connectivity index (χ1) is 65.9. The number of fused-ring (bicyclic) bond motifs is 14. The molecule has 0 radical (unpaired) electrons. The lowest BCUT2D eigenvalue weighted by Crippen LogP contribution is -2.00. The molecule has 0 aliphatic carbocycles. The highest BCUT2D eigenvalue weighted by atomic mass is 32.1. The highest BCUT2D eigenvalue weighted by Gasteiger charge is 2.23. The largest absolute Gasteiger partial charge is 0.456 e. The van der Waals surface area contributed by atoms with Crippen molar-refractivity contribution in [2.24, 2.45) is 0 Å². The first-order valence-corrected chi connectivity index (χ1v) is 45.2. The Hall–Kier alpha value is -17.7. The van der Waals surface area contributed by atoms with Gasteiger partial charge in [-0.2, -0.15) is 0 Å². The number of nitrogens with zero attached hydrogens (tertiary/aromatic N) is 9. The molecule has 0 fully saturated rings. The van der Waals surface area contributed by atoms with Gasteiger partial charge in [-0.3, -0.25) is 0 Å². The molecule has 622 valence electrons. The van der Waals surface area contributed by atoms with Crippen LogP contribution in [0.1, 0.15) is 0 Å². The molecule has 6 heterocycles. The van der Waals surface area contributed by atoms with Crippen LogP contribution in [0.25, 0.3) is 254 Å². The number of thiophene rings is 1. The minimum Gasteiger partial charge on any atom is -0.456 e. The summed E-state index contributed by atoms with van der Waals surface area (Å²) in [6.07, 6.45) is 0. The summed E-state index contributed by atoms with van der Waals surface area (Å²) >= 11 is 1.85. The van der Waals surface area contributed by atoms with E-state index >= 15 is 0 Å². The highest BCUT2D eigenvalue weighted by Crippen LogP contribution is 2.46. The second kappa shape index (κ2) is 34.1. The Labute approximate surface area is 768 Å². The molecule has 0 spiro atoms. The summed E-state index contributed by atoms with van der Waals surface area (Å²) in [7, 11) is 0. The summed E-state index contributed by atoms with van der Waals surface area (Å²) in [5.41, 5.74) is 21.3. The van der Waals surface area contributed by atoms with Gasteiger partial charge in [0, 0.05) is 91.8 Å². The van der Waals surface area contributed by atoms with Crippen LogP contribution in [0.5, 0.6) is 0 Å². The van der Waals surface area contributed by atoms with Crippen LogP contribution in [0.4, 0.5) is 0 Å². The Kier molecular flexibility index (Phi) is 20.2. The Bertz CT molecular complexity index is 8850. The van der Waals surface area contributed by atoms with Crippen molar-refractivity contribution in [2.45, 2.75) is 0 Å². The van der Waals surface area contributed by atoms with Crippen LogP contribution in [-0.2, 0) is 0 Å². The first-order valence-electron chi connectivity index (χ1n) is 44.3. The zero-order valence-corrected chi connectivity index (χ0v) is 72.4. The van der Waals surface area contributed by atoms with E-state index in [0.717, 1.165) is 149 Å². The highest BCUT2D eigenvalue weighted by molar-refractivity contribution is 7.26. The molecular formula is C121H75N9O2S. The van der Waals surface area contributed by atoms with Gasteiger partial charge in [-0.1, -0.05) is 376 Å². The molecule has 0 saturated heterocycles. The molecule has 6 aromatic heterocycles. The van der Waals surface area contributed by atoms with Gasteiger partial charge in [0.1, 0.15) is 22.3 Å². The third-order valence-electron chi connectivity index (χ3n) is 24.7. The van der Waals surface area contributed by atoms with Crippen molar-refractivity contribution in [3.63, 3.8) is 0 Å². The van der Waals surface area contributed by atoms with Gasteiger partial charge in [0.25, 0.3) is 0 Å². The van der Waals surface area contributed by atoms with E-state index in [2.05, 4.69) is 273 Å². The third-order valence-corrected chi connectivity index (χ3v) is 25.9. The smallest absolute Gasteiger partial charge is 0.164 e. The topological polar surface area (TPSA) is 142 Å². The maximum Gasteiger partial charge on any atom is 0.164 e.